The second-order valence-corrected chi connectivity index (χ2v) is 4.65. The Hall–Kier alpha value is -1.88. The zero-order valence-electron chi connectivity index (χ0n) is 11.8. The quantitative estimate of drug-likeness (QED) is 0.621. The van der Waals surface area contributed by atoms with Gasteiger partial charge >= 0.3 is 0 Å². The largest absolute Gasteiger partial charge is 0.396 e. The highest BCUT2D eigenvalue weighted by Gasteiger charge is 2.04. The summed E-state index contributed by atoms with van der Waals surface area (Å²) in [4.78, 5) is 23.1. The smallest absolute Gasteiger partial charge is 0.251 e. The molecule has 1 aromatic rings. The number of amides is 2. The highest BCUT2D eigenvalue weighted by atomic mass is 16.3. The van der Waals surface area contributed by atoms with Crippen molar-refractivity contribution in [3.63, 3.8) is 0 Å². The Morgan fingerprint density at radius 1 is 1.05 bits per heavy atom. The van der Waals surface area contributed by atoms with Crippen molar-refractivity contribution in [1.82, 2.24) is 10.6 Å². The number of hydrogen-bond acceptors (Lipinski definition) is 3. The standard InChI is InChI=1S/C15H22N2O3/c1-12-5-7-13(8-6-12)15(20)17-10-9-16-14(19)4-2-3-11-18/h5-8,18H,2-4,9-11H2,1H3,(H,16,19)(H,17,20). The number of nitrogens with one attached hydrogen (secondary N) is 2. The van der Waals surface area contributed by atoms with E-state index in [0.717, 1.165) is 5.56 Å². The van der Waals surface area contributed by atoms with Gasteiger partial charge in [-0.15, -0.1) is 0 Å². The molecule has 5 nitrogen and oxygen atoms in total. The summed E-state index contributed by atoms with van der Waals surface area (Å²) in [6.07, 6.45) is 1.72. The van der Waals surface area contributed by atoms with Gasteiger partial charge in [-0.3, -0.25) is 9.59 Å². The van der Waals surface area contributed by atoms with E-state index in [1.807, 2.05) is 19.1 Å². The second-order valence-electron chi connectivity index (χ2n) is 4.65. The number of aryl methyl sites for hydroxylation is 1. The van der Waals surface area contributed by atoms with Crippen LogP contribution in [0.15, 0.2) is 24.3 Å². The number of benzene rings is 1. The van der Waals surface area contributed by atoms with E-state index in [1.165, 1.54) is 0 Å². The summed E-state index contributed by atoms with van der Waals surface area (Å²) in [7, 11) is 0. The van der Waals surface area contributed by atoms with Crippen LogP contribution in [0.25, 0.3) is 0 Å². The van der Waals surface area contributed by atoms with Gasteiger partial charge in [-0.25, -0.2) is 0 Å². The Labute approximate surface area is 119 Å². The lowest BCUT2D eigenvalue weighted by atomic mass is 10.1. The molecule has 0 aliphatic heterocycles. The van der Waals surface area contributed by atoms with E-state index in [-0.39, 0.29) is 18.4 Å². The van der Waals surface area contributed by atoms with Gasteiger partial charge in [0.15, 0.2) is 0 Å². The molecule has 0 radical (unpaired) electrons. The molecule has 1 aromatic carbocycles. The summed E-state index contributed by atoms with van der Waals surface area (Å²) >= 11 is 0. The van der Waals surface area contributed by atoms with Crippen LogP contribution >= 0.6 is 0 Å². The highest BCUT2D eigenvalue weighted by Crippen LogP contribution is 2.02. The minimum atomic E-state index is -0.139. The topological polar surface area (TPSA) is 78.4 Å². The summed E-state index contributed by atoms with van der Waals surface area (Å²) in [5.41, 5.74) is 1.72. The van der Waals surface area contributed by atoms with E-state index in [1.54, 1.807) is 12.1 Å². The monoisotopic (exact) mass is 278 g/mol. The average molecular weight is 278 g/mol. The van der Waals surface area contributed by atoms with Crippen molar-refractivity contribution in [3.05, 3.63) is 35.4 Å². The molecule has 0 aliphatic rings. The van der Waals surface area contributed by atoms with E-state index < -0.39 is 0 Å². The molecule has 0 saturated carbocycles. The van der Waals surface area contributed by atoms with Gasteiger partial charge in [0.05, 0.1) is 0 Å². The molecule has 0 spiro atoms. The van der Waals surface area contributed by atoms with Gasteiger partial charge in [0.25, 0.3) is 5.91 Å². The number of unbranched alkanes of at least 4 members (excludes halogenated alkanes) is 1. The van der Waals surface area contributed by atoms with E-state index in [2.05, 4.69) is 10.6 Å². The predicted octanol–water partition coefficient (Wildman–Crippen LogP) is 1.00. The van der Waals surface area contributed by atoms with Crippen molar-refractivity contribution in [1.29, 1.82) is 0 Å². The van der Waals surface area contributed by atoms with E-state index in [4.69, 9.17) is 5.11 Å². The molecular weight excluding hydrogens is 256 g/mol. The van der Waals surface area contributed by atoms with Crippen molar-refractivity contribution >= 4 is 11.8 Å². The first kappa shape index (κ1) is 16.2. The summed E-state index contributed by atoms with van der Waals surface area (Å²) in [5, 5.41) is 14.1. The molecule has 0 bridgehead atoms. The van der Waals surface area contributed by atoms with Crippen molar-refractivity contribution in [2.75, 3.05) is 19.7 Å². The Kier molecular flexibility index (Phi) is 7.35. The van der Waals surface area contributed by atoms with Crippen molar-refractivity contribution < 1.29 is 14.7 Å². The van der Waals surface area contributed by atoms with E-state index in [0.29, 0.717) is 37.9 Å². The van der Waals surface area contributed by atoms with Crippen molar-refractivity contribution in [2.24, 2.45) is 0 Å². The van der Waals surface area contributed by atoms with E-state index >= 15 is 0 Å². The third-order valence-electron chi connectivity index (χ3n) is 2.86. The highest BCUT2D eigenvalue weighted by molar-refractivity contribution is 5.94. The molecule has 110 valence electrons. The zero-order chi connectivity index (χ0) is 14.8. The lowest BCUT2D eigenvalue weighted by Gasteiger charge is -2.07. The maximum atomic E-state index is 11.8. The molecule has 20 heavy (non-hydrogen) atoms. The zero-order valence-corrected chi connectivity index (χ0v) is 11.8. The summed E-state index contributed by atoms with van der Waals surface area (Å²) in [6.45, 7) is 2.89. The fraction of sp³-hybridized carbons (Fsp3) is 0.467. The Morgan fingerprint density at radius 2 is 1.70 bits per heavy atom. The molecule has 2 amide bonds. The first-order valence-electron chi connectivity index (χ1n) is 6.86. The molecule has 0 unspecified atom stereocenters. The van der Waals surface area contributed by atoms with Crippen LogP contribution in [0.3, 0.4) is 0 Å². The number of carbonyl (C=O) groups excluding carboxylic acids is 2. The van der Waals surface area contributed by atoms with Crippen LogP contribution < -0.4 is 10.6 Å². The van der Waals surface area contributed by atoms with Crippen molar-refractivity contribution in [2.45, 2.75) is 26.2 Å². The molecule has 5 heteroatoms. The Bertz CT molecular complexity index is 429. The SMILES string of the molecule is Cc1ccc(C(=O)NCCNC(=O)CCCCO)cc1. The third kappa shape index (κ3) is 6.33. The number of rotatable bonds is 8. The first-order chi connectivity index (χ1) is 9.63. The normalized spacial score (nSPS) is 10.1. The fourth-order valence-corrected chi connectivity index (χ4v) is 1.67. The number of aliphatic hydroxyl groups excluding tert-OH is 1. The Morgan fingerprint density at radius 3 is 2.35 bits per heavy atom. The Balaban J connectivity index is 2.16. The maximum Gasteiger partial charge on any atom is 0.251 e. The fourth-order valence-electron chi connectivity index (χ4n) is 1.67. The molecule has 0 fully saturated rings. The molecule has 0 saturated heterocycles. The van der Waals surface area contributed by atoms with E-state index in [9.17, 15) is 9.59 Å². The molecular formula is C15H22N2O3. The second kappa shape index (κ2) is 9.09. The van der Waals surface area contributed by atoms with Crippen LogP contribution in [-0.4, -0.2) is 36.6 Å². The molecule has 3 N–H and O–H groups in total. The van der Waals surface area contributed by atoms with Gasteiger partial charge in [0, 0.05) is 31.7 Å². The van der Waals surface area contributed by atoms with Crippen molar-refractivity contribution in [3.8, 4) is 0 Å². The summed E-state index contributed by atoms with van der Waals surface area (Å²) in [5.74, 6) is -0.192. The predicted molar refractivity (Wildman–Crippen MR) is 77.5 cm³/mol. The lowest BCUT2D eigenvalue weighted by Crippen LogP contribution is -2.34. The number of carbonyl (C=O) groups is 2. The van der Waals surface area contributed by atoms with Crippen LogP contribution in [0.1, 0.15) is 35.2 Å². The number of hydrogen-bond donors (Lipinski definition) is 3. The van der Waals surface area contributed by atoms with Crippen LogP contribution in [0.5, 0.6) is 0 Å². The molecule has 1 rings (SSSR count). The van der Waals surface area contributed by atoms with Crippen LogP contribution in [-0.2, 0) is 4.79 Å². The first-order valence-corrected chi connectivity index (χ1v) is 6.86. The molecule has 0 atom stereocenters. The van der Waals surface area contributed by atoms with Crippen LogP contribution in [0, 0.1) is 6.92 Å². The van der Waals surface area contributed by atoms with Gasteiger partial charge in [0.1, 0.15) is 0 Å². The summed E-state index contributed by atoms with van der Waals surface area (Å²) in [6, 6.07) is 7.33. The third-order valence-corrected chi connectivity index (χ3v) is 2.86. The minimum absolute atomic E-state index is 0.0527. The lowest BCUT2D eigenvalue weighted by molar-refractivity contribution is -0.121. The van der Waals surface area contributed by atoms with Gasteiger partial charge in [-0.2, -0.15) is 0 Å². The van der Waals surface area contributed by atoms with Gasteiger partial charge < -0.3 is 15.7 Å². The van der Waals surface area contributed by atoms with Gasteiger partial charge in [-0.1, -0.05) is 17.7 Å². The maximum absolute atomic E-state index is 11.8. The minimum Gasteiger partial charge on any atom is -0.396 e. The number of aliphatic hydroxyl groups is 1. The molecule has 0 heterocycles. The molecule has 0 aromatic heterocycles. The van der Waals surface area contributed by atoms with Crippen LogP contribution in [0.4, 0.5) is 0 Å². The van der Waals surface area contributed by atoms with Gasteiger partial charge in [0.2, 0.25) is 5.91 Å². The summed E-state index contributed by atoms with van der Waals surface area (Å²) < 4.78 is 0. The van der Waals surface area contributed by atoms with Gasteiger partial charge in [-0.05, 0) is 31.9 Å². The average Bonchev–Trinajstić information content (AvgIpc) is 2.44. The molecule has 0 aliphatic carbocycles. The van der Waals surface area contributed by atoms with Crippen LogP contribution in [0.2, 0.25) is 0 Å².